The van der Waals surface area contributed by atoms with Crippen molar-refractivity contribution in [2.75, 3.05) is 18.4 Å². The van der Waals surface area contributed by atoms with Gasteiger partial charge in [0.1, 0.15) is 30.6 Å². The molecule has 1 amide bonds. The predicted molar refractivity (Wildman–Crippen MR) is 129 cm³/mol. The van der Waals surface area contributed by atoms with Crippen molar-refractivity contribution in [3.8, 4) is 11.6 Å². The van der Waals surface area contributed by atoms with Crippen LogP contribution in [0.3, 0.4) is 0 Å². The van der Waals surface area contributed by atoms with Crippen LogP contribution in [-0.2, 0) is 21.6 Å². The molecule has 0 atom stereocenters. The van der Waals surface area contributed by atoms with Crippen LogP contribution in [0.5, 0.6) is 5.75 Å². The van der Waals surface area contributed by atoms with Gasteiger partial charge in [0, 0.05) is 31.3 Å². The standard InChI is InChI=1S/C22H25N7O5S/c1-22(2,13-34-16-6-4-5-15-19(16)20(23)28-35(31,32)27-15)26-21(30)14-7-8-24-17(11-14)29-10-9-25-18(29)12-33-3/h4-11,27H,12-13H2,1-3H3,(H2,23,28)(H,26,30). The number of amides is 1. The first-order chi connectivity index (χ1) is 16.6. The highest BCUT2D eigenvalue weighted by atomic mass is 32.2. The number of nitrogens with zero attached hydrogens (tertiary/aromatic N) is 4. The van der Waals surface area contributed by atoms with Crippen LogP contribution < -0.4 is 20.5 Å². The van der Waals surface area contributed by atoms with Gasteiger partial charge >= 0.3 is 10.2 Å². The van der Waals surface area contributed by atoms with E-state index in [9.17, 15) is 13.2 Å². The summed E-state index contributed by atoms with van der Waals surface area (Å²) in [6.07, 6.45) is 4.92. The Hall–Kier alpha value is -3.97. The van der Waals surface area contributed by atoms with Gasteiger partial charge in [0.05, 0.1) is 16.8 Å². The topological polar surface area (TPSA) is 163 Å². The number of nitrogens with two attached hydrogens (primary N) is 1. The zero-order valence-corrected chi connectivity index (χ0v) is 20.2. The molecule has 0 saturated carbocycles. The Morgan fingerprint density at radius 1 is 1.23 bits per heavy atom. The van der Waals surface area contributed by atoms with E-state index in [1.807, 2.05) is 0 Å². The van der Waals surface area contributed by atoms with E-state index in [2.05, 4.69) is 24.4 Å². The number of hydrogen-bond acceptors (Lipinski definition) is 8. The van der Waals surface area contributed by atoms with Gasteiger partial charge in [-0.15, -0.1) is 4.40 Å². The molecule has 3 heterocycles. The normalized spacial score (nSPS) is 14.4. The van der Waals surface area contributed by atoms with E-state index in [1.165, 1.54) is 0 Å². The molecule has 1 aliphatic rings. The van der Waals surface area contributed by atoms with E-state index < -0.39 is 15.7 Å². The number of nitrogens with one attached hydrogen (secondary N) is 2. The van der Waals surface area contributed by atoms with Crippen LogP contribution in [0.1, 0.15) is 35.6 Å². The molecular formula is C22H25N7O5S. The lowest BCUT2D eigenvalue weighted by Crippen LogP contribution is -2.48. The van der Waals surface area contributed by atoms with Gasteiger partial charge in [-0.25, -0.2) is 9.97 Å². The van der Waals surface area contributed by atoms with Gasteiger partial charge in [0.2, 0.25) is 0 Å². The van der Waals surface area contributed by atoms with Crippen molar-refractivity contribution in [2.24, 2.45) is 10.1 Å². The van der Waals surface area contributed by atoms with Gasteiger partial charge in [0.25, 0.3) is 5.91 Å². The summed E-state index contributed by atoms with van der Waals surface area (Å²) in [6.45, 7) is 3.98. The third kappa shape index (κ3) is 5.41. The van der Waals surface area contributed by atoms with Gasteiger partial charge in [-0.05, 0) is 38.1 Å². The number of imidazole rings is 1. The quantitative estimate of drug-likeness (QED) is 0.418. The molecule has 2 aromatic heterocycles. The fourth-order valence-electron chi connectivity index (χ4n) is 3.48. The monoisotopic (exact) mass is 499 g/mol. The summed E-state index contributed by atoms with van der Waals surface area (Å²) < 4.78 is 42.2. The molecule has 184 valence electrons. The number of pyridine rings is 1. The van der Waals surface area contributed by atoms with Crippen molar-refractivity contribution in [1.29, 1.82) is 0 Å². The van der Waals surface area contributed by atoms with Crippen molar-refractivity contribution >= 4 is 27.6 Å². The average Bonchev–Trinajstić information content (AvgIpc) is 3.25. The summed E-state index contributed by atoms with van der Waals surface area (Å²) in [4.78, 5) is 21.6. The number of carbonyl (C=O) groups excluding carboxylic acids is 1. The zero-order chi connectivity index (χ0) is 25.2. The van der Waals surface area contributed by atoms with Gasteiger partial charge in [-0.1, -0.05) is 6.07 Å². The van der Waals surface area contributed by atoms with Crippen LogP contribution in [0, 0.1) is 0 Å². The number of hydrogen-bond donors (Lipinski definition) is 3. The van der Waals surface area contributed by atoms with Gasteiger partial charge in [-0.2, -0.15) is 8.42 Å². The summed E-state index contributed by atoms with van der Waals surface area (Å²) in [7, 11) is -2.32. The minimum atomic E-state index is -3.90. The highest BCUT2D eigenvalue weighted by molar-refractivity contribution is 7.91. The summed E-state index contributed by atoms with van der Waals surface area (Å²) in [6, 6.07) is 8.11. The molecule has 13 heteroatoms. The fraction of sp³-hybridized carbons (Fsp3) is 0.273. The second-order valence-corrected chi connectivity index (χ2v) is 9.75. The molecule has 0 radical (unpaired) electrons. The van der Waals surface area contributed by atoms with Crippen LogP contribution in [0.25, 0.3) is 5.82 Å². The van der Waals surface area contributed by atoms with Crippen LogP contribution in [0.4, 0.5) is 5.69 Å². The first-order valence-electron chi connectivity index (χ1n) is 10.5. The number of fused-ring (bicyclic) bond motifs is 1. The highest BCUT2D eigenvalue weighted by Crippen LogP contribution is 2.31. The molecule has 0 bridgehead atoms. The molecule has 35 heavy (non-hydrogen) atoms. The molecule has 3 aromatic rings. The molecule has 1 aromatic carbocycles. The number of carbonyl (C=O) groups is 1. The van der Waals surface area contributed by atoms with E-state index in [1.54, 1.807) is 74.4 Å². The van der Waals surface area contributed by atoms with Crippen molar-refractivity contribution < 1.29 is 22.7 Å². The van der Waals surface area contributed by atoms with Crippen LogP contribution in [-0.4, -0.2) is 54.0 Å². The molecule has 0 aliphatic carbocycles. The van der Waals surface area contributed by atoms with Crippen molar-refractivity contribution in [2.45, 2.75) is 26.0 Å². The number of benzene rings is 1. The molecule has 0 fully saturated rings. The maximum Gasteiger partial charge on any atom is 0.344 e. The first-order valence-corrected chi connectivity index (χ1v) is 12.0. The van der Waals surface area contributed by atoms with E-state index in [0.717, 1.165) is 0 Å². The van der Waals surface area contributed by atoms with E-state index in [-0.39, 0.29) is 24.0 Å². The molecule has 0 unspecified atom stereocenters. The number of aromatic nitrogens is 3. The lowest BCUT2D eigenvalue weighted by Gasteiger charge is -2.27. The predicted octanol–water partition coefficient (Wildman–Crippen LogP) is 1.38. The smallest absolute Gasteiger partial charge is 0.344 e. The molecule has 0 spiro atoms. The second-order valence-electron chi connectivity index (χ2n) is 8.41. The largest absolute Gasteiger partial charge is 0.490 e. The Labute approximate surface area is 202 Å². The minimum absolute atomic E-state index is 0.0761. The Balaban J connectivity index is 1.47. The van der Waals surface area contributed by atoms with Crippen LogP contribution in [0.15, 0.2) is 53.3 Å². The average molecular weight is 500 g/mol. The molecular weight excluding hydrogens is 474 g/mol. The number of anilines is 1. The maximum absolute atomic E-state index is 13.0. The molecule has 4 N–H and O–H groups in total. The number of ether oxygens (including phenoxy) is 2. The summed E-state index contributed by atoms with van der Waals surface area (Å²) in [5.74, 6) is 1.03. The summed E-state index contributed by atoms with van der Waals surface area (Å²) >= 11 is 0. The van der Waals surface area contributed by atoms with Gasteiger partial charge in [0.15, 0.2) is 5.84 Å². The summed E-state index contributed by atoms with van der Waals surface area (Å²) in [5, 5.41) is 2.95. The summed E-state index contributed by atoms with van der Waals surface area (Å²) in [5.41, 5.74) is 6.09. The van der Waals surface area contributed by atoms with Gasteiger partial charge in [-0.3, -0.25) is 14.1 Å². The number of methoxy groups -OCH3 is 1. The minimum Gasteiger partial charge on any atom is -0.490 e. The number of rotatable bonds is 8. The molecule has 1 aliphatic heterocycles. The number of amidine groups is 1. The fourth-order valence-corrected chi connectivity index (χ4v) is 4.33. The van der Waals surface area contributed by atoms with E-state index in [4.69, 9.17) is 15.2 Å². The first kappa shape index (κ1) is 24.2. The maximum atomic E-state index is 13.0. The van der Waals surface area contributed by atoms with Crippen molar-refractivity contribution in [1.82, 2.24) is 19.9 Å². The Morgan fingerprint density at radius 3 is 2.80 bits per heavy atom. The Morgan fingerprint density at radius 2 is 2.03 bits per heavy atom. The van der Waals surface area contributed by atoms with E-state index >= 15 is 0 Å². The van der Waals surface area contributed by atoms with Gasteiger partial charge < -0.3 is 20.5 Å². The Bertz CT molecular complexity index is 1400. The van der Waals surface area contributed by atoms with E-state index in [0.29, 0.717) is 35.1 Å². The Kier molecular flexibility index (Phi) is 6.45. The zero-order valence-electron chi connectivity index (χ0n) is 19.3. The highest BCUT2D eigenvalue weighted by Gasteiger charge is 2.27. The van der Waals surface area contributed by atoms with Crippen LogP contribution in [0.2, 0.25) is 0 Å². The molecule has 4 rings (SSSR count). The lowest BCUT2D eigenvalue weighted by atomic mass is 10.1. The van der Waals surface area contributed by atoms with Crippen LogP contribution >= 0.6 is 0 Å². The second kappa shape index (κ2) is 9.35. The SMILES string of the molecule is COCc1nccn1-c1cc(C(=O)NC(C)(C)COc2cccc3c2C(N)=NS(=O)(=O)N3)ccn1. The lowest BCUT2D eigenvalue weighted by molar-refractivity contribution is 0.0880. The third-order valence-corrected chi connectivity index (χ3v) is 5.94. The molecule has 12 nitrogen and oxygen atoms in total. The third-order valence-electron chi connectivity index (χ3n) is 5.03. The van der Waals surface area contributed by atoms with Crippen molar-refractivity contribution in [3.05, 3.63) is 65.9 Å². The van der Waals surface area contributed by atoms with Crippen molar-refractivity contribution in [3.63, 3.8) is 0 Å². The molecule has 0 saturated heterocycles.